The maximum Gasteiger partial charge on any atom is 0.348 e. The van der Waals surface area contributed by atoms with Gasteiger partial charge < -0.3 is 15.8 Å². The molecule has 1 aliphatic rings. The Labute approximate surface area is 172 Å². The van der Waals surface area contributed by atoms with E-state index in [1.807, 2.05) is 13.8 Å². The molecule has 0 aromatic rings. The van der Waals surface area contributed by atoms with Gasteiger partial charge in [-0.25, -0.2) is 23.2 Å². The Kier molecular flexibility index (Phi) is 13.5. The number of hydrogen-bond donors (Lipinski definition) is 3. The summed E-state index contributed by atoms with van der Waals surface area (Å²) in [7, 11) is 0. The predicted molar refractivity (Wildman–Crippen MR) is 100 cm³/mol. The number of barbiturate groups is 1. The first kappa shape index (κ1) is 29.1. The van der Waals surface area contributed by atoms with Gasteiger partial charge in [0.05, 0.1) is 6.61 Å². The molecule has 1 aliphatic heterocycles. The van der Waals surface area contributed by atoms with Crippen molar-refractivity contribution < 1.29 is 42.3 Å². The van der Waals surface area contributed by atoms with Crippen LogP contribution >= 0.6 is 0 Å². The number of carbonyl (C=O) groups is 6. The van der Waals surface area contributed by atoms with Crippen LogP contribution in [0.15, 0.2) is 0 Å². The molecule has 0 aromatic carbocycles. The molecule has 172 valence electrons. The normalized spacial score (nSPS) is 16.5. The monoisotopic (exact) mass is 438 g/mol. The van der Waals surface area contributed by atoms with Crippen molar-refractivity contribution in [2.24, 2.45) is 5.73 Å². The van der Waals surface area contributed by atoms with E-state index in [4.69, 9.17) is 5.73 Å². The molecule has 2 atom stereocenters. The van der Waals surface area contributed by atoms with Gasteiger partial charge >= 0.3 is 18.0 Å². The van der Waals surface area contributed by atoms with Crippen LogP contribution in [0.25, 0.3) is 0 Å². The number of nitrogens with two attached hydrogens (primary N) is 1. The molecular weight excluding hydrogens is 410 g/mol. The number of amides is 6. The summed E-state index contributed by atoms with van der Waals surface area (Å²) in [5.41, 5.74) is 4.74. The molecule has 6 amide bonds. The molecule has 30 heavy (non-hydrogen) atoms. The molecule has 0 saturated carbocycles. The predicted octanol–water partition coefficient (Wildman–Crippen LogP) is 0.351. The van der Waals surface area contributed by atoms with Crippen LogP contribution in [0.1, 0.15) is 41.5 Å². The number of rotatable bonds is 5. The first-order valence-electron chi connectivity index (χ1n) is 8.86. The van der Waals surface area contributed by atoms with Crippen molar-refractivity contribution in [1.82, 2.24) is 15.5 Å². The van der Waals surface area contributed by atoms with E-state index in [2.05, 4.69) is 10.1 Å². The second-order valence-corrected chi connectivity index (χ2v) is 6.35. The van der Waals surface area contributed by atoms with Crippen molar-refractivity contribution in [3.63, 3.8) is 0 Å². The van der Waals surface area contributed by atoms with Crippen LogP contribution in [-0.2, 0) is 23.9 Å². The van der Waals surface area contributed by atoms with Gasteiger partial charge in [0, 0.05) is 12.1 Å². The van der Waals surface area contributed by atoms with E-state index in [-0.39, 0.29) is 12.6 Å². The zero-order chi connectivity index (χ0) is 24.2. The number of hydrogen-bond acceptors (Lipinski definition) is 7. The third-order valence-corrected chi connectivity index (χ3v) is 2.93. The lowest BCUT2D eigenvalue weighted by atomic mass is 10.2. The van der Waals surface area contributed by atoms with E-state index < -0.39 is 54.0 Å². The molecular formula is C17H28F2N4O7. The molecule has 13 heteroatoms. The highest BCUT2D eigenvalue weighted by Crippen LogP contribution is 2.10. The minimum absolute atomic E-state index is 0.0898. The Bertz CT molecular complexity index is 656. The van der Waals surface area contributed by atoms with Crippen molar-refractivity contribution >= 4 is 35.6 Å². The maximum atomic E-state index is 12.8. The third kappa shape index (κ3) is 11.0. The molecule has 1 rings (SSSR count). The average molecular weight is 438 g/mol. The van der Waals surface area contributed by atoms with Gasteiger partial charge in [0.25, 0.3) is 24.2 Å². The Morgan fingerprint density at radius 3 is 2.00 bits per heavy atom. The molecule has 1 fully saturated rings. The SMILES string of the molecule is CC(C)N1C(=O)NC(=O)C(F)C1=O.CC(C)NC(N)=O.CCOC(=O)C(F)C(C)=O. The van der Waals surface area contributed by atoms with Crippen LogP contribution in [0.3, 0.4) is 0 Å². The van der Waals surface area contributed by atoms with Crippen LogP contribution in [0.5, 0.6) is 0 Å². The van der Waals surface area contributed by atoms with E-state index in [0.29, 0.717) is 4.90 Å². The summed E-state index contributed by atoms with van der Waals surface area (Å²) in [5, 5.41) is 4.19. The first-order valence-corrected chi connectivity index (χ1v) is 8.86. The van der Waals surface area contributed by atoms with Gasteiger partial charge in [0.15, 0.2) is 5.78 Å². The first-order chi connectivity index (χ1) is 13.7. The van der Waals surface area contributed by atoms with Gasteiger partial charge in [-0.3, -0.25) is 24.6 Å². The molecule has 2 unspecified atom stereocenters. The topological polar surface area (TPSA) is 165 Å². The zero-order valence-corrected chi connectivity index (χ0v) is 17.7. The summed E-state index contributed by atoms with van der Waals surface area (Å²) in [4.78, 5) is 63.9. The highest BCUT2D eigenvalue weighted by atomic mass is 19.1. The van der Waals surface area contributed by atoms with Crippen molar-refractivity contribution in [2.45, 2.75) is 66.0 Å². The maximum absolute atomic E-state index is 12.8. The Morgan fingerprint density at radius 2 is 1.70 bits per heavy atom. The number of carbonyl (C=O) groups excluding carboxylic acids is 6. The van der Waals surface area contributed by atoms with E-state index >= 15 is 0 Å². The lowest BCUT2D eigenvalue weighted by Crippen LogP contribution is -2.61. The van der Waals surface area contributed by atoms with Gasteiger partial charge in [0.1, 0.15) is 0 Å². The lowest BCUT2D eigenvalue weighted by Gasteiger charge is -2.29. The Morgan fingerprint density at radius 1 is 1.20 bits per heavy atom. The molecule has 0 spiro atoms. The van der Waals surface area contributed by atoms with Gasteiger partial charge in [0.2, 0.25) is 0 Å². The fraction of sp³-hybridized carbons (Fsp3) is 0.647. The molecule has 0 aliphatic carbocycles. The zero-order valence-electron chi connectivity index (χ0n) is 17.7. The minimum atomic E-state index is -2.26. The van der Waals surface area contributed by atoms with Gasteiger partial charge in [-0.15, -0.1) is 0 Å². The Hall–Kier alpha value is -3.12. The number of imide groups is 2. The lowest BCUT2D eigenvalue weighted by molar-refractivity contribution is -0.152. The van der Waals surface area contributed by atoms with Crippen LogP contribution in [0.4, 0.5) is 18.4 Å². The number of halogens is 2. The second kappa shape index (κ2) is 14.0. The number of nitrogens with one attached hydrogen (secondary N) is 2. The van der Waals surface area contributed by atoms with E-state index in [1.54, 1.807) is 26.1 Å². The second-order valence-electron chi connectivity index (χ2n) is 6.35. The fourth-order valence-corrected chi connectivity index (χ4v) is 1.72. The number of nitrogens with zero attached hydrogens (tertiary/aromatic N) is 1. The molecule has 11 nitrogen and oxygen atoms in total. The average Bonchev–Trinajstić information content (AvgIpc) is 2.58. The standard InChI is InChI=1S/C7H9FN2O3.C6H9FO3.C4H10N2O/c1-3(2)10-6(12)4(8)5(11)9-7(10)13;1-3-10-6(9)5(7)4(2)8;1-3(2)6-4(5)7/h3-4H,1-2H3,(H,9,11,13);5H,3H2,1-2H3;3H,1-2H3,(H3,5,6,7). The quantitative estimate of drug-likeness (QED) is 0.411. The fourth-order valence-electron chi connectivity index (χ4n) is 1.72. The van der Waals surface area contributed by atoms with Crippen molar-refractivity contribution in [1.29, 1.82) is 0 Å². The van der Waals surface area contributed by atoms with Crippen LogP contribution in [-0.4, -0.2) is 71.6 Å². The van der Waals surface area contributed by atoms with Crippen molar-refractivity contribution in [2.75, 3.05) is 6.61 Å². The van der Waals surface area contributed by atoms with Crippen LogP contribution in [0, 0.1) is 0 Å². The third-order valence-electron chi connectivity index (χ3n) is 2.93. The molecule has 0 radical (unpaired) electrons. The molecule has 0 aromatic heterocycles. The van der Waals surface area contributed by atoms with Crippen LogP contribution < -0.4 is 16.4 Å². The van der Waals surface area contributed by atoms with Gasteiger partial charge in [-0.05, 0) is 41.5 Å². The van der Waals surface area contributed by atoms with E-state index in [0.717, 1.165) is 6.92 Å². The number of Topliss-reactive ketones (excluding diaryl/α,β-unsaturated/α-hetero) is 1. The van der Waals surface area contributed by atoms with Gasteiger partial charge in [-0.2, -0.15) is 0 Å². The summed E-state index contributed by atoms with van der Waals surface area (Å²) in [5.74, 6) is -4.20. The smallest absolute Gasteiger partial charge is 0.348 e. The number of ether oxygens (including phenoxy) is 1. The largest absolute Gasteiger partial charge is 0.463 e. The summed E-state index contributed by atoms with van der Waals surface area (Å²) >= 11 is 0. The number of primary amides is 1. The highest BCUT2D eigenvalue weighted by molar-refractivity contribution is 6.18. The molecule has 4 N–H and O–H groups in total. The molecule has 1 heterocycles. The summed E-state index contributed by atoms with van der Waals surface area (Å²) in [6.07, 6.45) is -4.37. The summed E-state index contributed by atoms with van der Waals surface area (Å²) < 4.78 is 29.3. The number of urea groups is 2. The van der Waals surface area contributed by atoms with E-state index in [9.17, 15) is 37.5 Å². The summed E-state index contributed by atoms with van der Waals surface area (Å²) in [6.45, 7) is 9.45. The molecule has 0 bridgehead atoms. The van der Waals surface area contributed by atoms with Crippen molar-refractivity contribution in [3.8, 4) is 0 Å². The van der Waals surface area contributed by atoms with Crippen molar-refractivity contribution in [3.05, 3.63) is 0 Å². The minimum Gasteiger partial charge on any atom is -0.463 e. The number of esters is 1. The number of ketones is 1. The molecule has 1 saturated heterocycles. The Balaban J connectivity index is 0. The van der Waals surface area contributed by atoms with Gasteiger partial charge in [-0.1, -0.05) is 0 Å². The van der Waals surface area contributed by atoms with E-state index in [1.165, 1.54) is 0 Å². The highest BCUT2D eigenvalue weighted by Gasteiger charge is 2.41. The van der Waals surface area contributed by atoms with Crippen LogP contribution in [0.2, 0.25) is 0 Å². The summed E-state index contributed by atoms with van der Waals surface area (Å²) in [6, 6.07) is -1.63. The number of alkyl halides is 2.